The predicted molar refractivity (Wildman–Crippen MR) is 77.1 cm³/mol. The number of anilines is 2. The van der Waals surface area contributed by atoms with Crippen molar-refractivity contribution in [2.75, 3.05) is 10.6 Å². The van der Waals surface area contributed by atoms with E-state index in [4.69, 9.17) is 0 Å². The van der Waals surface area contributed by atoms with Gasteiger partial charge >= 0.3 is 0 Å². The summed E-state index contributed by atoms with van der Waals surface area (Å²) in [5.41, 5.74) is 5.04. The number of hydrogen-bond donors (Lipinski definition) is 2. The number of hydrogen-bond acceptors (Lipinski definition) is 2. The minimum Gasteiger partial charge on any atom is -0.378 e. The molecule has 2 aromatic carbocycles. The van der Waals surface area contributed by atoms with Crippen molar-refractivity contribution in [2.24, 2.45) is 0 Å². The molecule has 2 aromatic rings. The molecule has 3 rings (SSSR count). The van der Waals surface area contributed by atoms with Gasteiger partial charge in [-0.1, -0.05) is 42.5 Å². The fourth-order valence-corrected chi connectivity index (χ4v) is 2.62. The molecular formula is C16H18N2. The van der Waals surface area contributed by atoms with Gasteiger partial charge in [-0.15, -0.1) is 0 Å². The van der Waals surface area contributed by atoms with Crippen LogP contribution in [0, 0.1) is 6.92 Å². The van der Waals surface area contributed by atoms with Crippen LogP contribution in [0.25, 0.3) is 0 Å². The van der Waals surface area contributed by atoms with E-state index in [1.807, 2.05) is 0 Å². The second-order valence-corrected chi connectivity index (χ2v) is 4.96. The summed E-state index contributed by atoms with van der Waals surface area (Å²) in [7, 11) is 0. The zero-order valence-electron chi connectivity index (χ0n) is 10.8. The molecule has 0 aromatic heterocycles. The molecule has 2 atom stereocenters. The van der Waals surface area contributed by atoms with Gasteiger partial charge in [0.2, 0.25) is 0 Å². The third kappa shape index (κ3) is 1.84. The Morgan fingerprint density at radius 2 is 1.67 bits per heavy atom. The van der Waals surface area contributed by atoms with Gasteiger partial charge in [-0.25, -0.2) is 0 Å². The van der Waals surface area contributed by atoms with Crippen molar-refractivity contribution >= 4 is 11.4 Å². The van der Waals surface area contributed by atoms with Crippen LogP contribution >= 0.6 is 0 Å². The van der Waals surface area contributed by atoms with Crippen LogP contribution in [0.15, 0.2) is 48.5 Å². The number of fused-ring (bicyclic) bond motifs is 1. The minimum absolute atomic E-state index is 0.319. The Labute approximate surface area is 108 Å². The van der Waals surface area contributed by atoms with E-state index in [0.717, 1.165) is 0 Å². The van der Waals surface area contributed by atoms with E-state index < -0.39 is 0 Å². The molecule has 0 spiro atoms. The average molecular weight is 238 g/mol. The molecule has 2 N–H and O–H groups in total. The average Bonchev–Trinajstić information content (AvgIpc) is 2.39. The highest BCUT2D eigenvalue weighted by Gasteiger charge is 2.25. The highest BCUT2D eigenvalue weighted by atomic mass is 15.1. The summed E-state index contributed by atoms with van der Waals surface area (Å²) >= 11 is 0. The lowest BCUT2D eigenvalue weighted by Gasteiger charge is -2.35. The van der Waals surface area contributed by atoms with Gasteiger partial charge in [0, 0.05) is 6.04 Å². The summed E-state index contributed by atoms with van der Waals surface area (Å²) in [6.45, 7) is 4.36. The predicted octanol–water partition coefficient (Wildman–Crippen LogP) is 3.96. The van der Waals surface area contributed by atoms with Gasteiger partial charge in [-0.2, -0.15) is 0 Å². The number of rotatable bonds is 1. The highest BCUT2D eigenvalue weighted by Crippen LogP contribution is 2.36. The van der Waals surface area contributed by atoms with Gasteiger partial charge in [0.25, 0.3) is 0 Å². The molecule has 0 saturated heterocycles. The van der Waals surface area contributed by atoms with Gasteiger partial charge in [0.15, 0.2) is 0 Å². The van der Waals surface area contributed by atoms with Crippen LogP contribution in [-0.2, 0) is 0 Å². The maximum Gasteiger partial charge on any atom is 0.0713 e. The van der Waals surface area contributed by atoms with Crippen LogP contribution in [0.5, 0.6) is 0 Å². The summed E-state index contributed by atoms with van der Waals surface area (Å²) in [4.78, 5) is 0. The van der Waals surface area contributed by atoms with E-state index in [2.05, 4.69) is 73.0 Å². The molecule has 2 nitrogen and oxygen atoms in total. The summed E-state index contributed by atoms with van der Waals surface area (Å²) in [5, 5.41) is 7.26. The lowest BCUT2D eigenvalue weighted by atomic mass is 9.96. The first kappa shape index (κ1) is 11.1. The van der Waals surface area contributed by atoms with Crippen molar-refractivity contribution in [3.8, 4) is 0 Å². The monoisotopic (exact) mass is 238 g/mol. The van der Waals surface area contributed by atoms with Gasteiger partial charge < -0.3 is 10.6 Å². The van der Waals surface area contributed by atoms with Crippen molar-refractivity contribution in [2.45, 2.75) is 25.9 Å². The fraction of sp³-hybridized carbons (Fsp3) is 0.250. The second-order valence-electron chi connectivity index (χ2n) is 4.96. The molecule has 0 fully saturated rings. The standard InChI is InChI=1S/C16H18N2/c1-11-7-6-10-14-15(11)18-16(12(2)17-14)13-8-4-3-5-9-13/h3-10,12,16-18H,1-2H3/t12-,16-/m0/s1. The number of nitrogens with one attached hydrogen (secondary N) is 2. The summed E-state index contributed by atoms with van der Waals surface area (Å²) in [6, 6.07) is 17.7. The molecule has 0 amide bonds. The zero-order valence-corrected chi connectivity index (χ0v) is 10.8. The van der Waals surface area contributed by atoms with E-state index >= 15 is 0 Å². The van der Waals surface area contributed by atoms with Gasteiger partial charge in [0.05, 0.1) is 17.4 Å². The SMILES string of the molecule is Cc1cccc2c1N[C@H](c1ccccc1)[C@H](C)N2. The van der Waals surface area contributed by atoms with E-state index in [-0.39, 0.29) is 0 Å². The molecule has 0 radical (unpaired) electrons. The van der Waals surface area contributed by atoms with E-state index in [1.54, 1.807) is 0 Å². The van der Waals surface area contributed by atoms with Gasteiger partial charge in [-0.3, -0.25) is 0 Å². The highest BCUT2D eigenvalue weighted by molar-refractivity contribution is 5.75. The van der Waals surface area contributed by atoms with Crippen molar-refractivity contribution in [3.05, 3.63) is 59.7 Å². The summed E-state index contributed by atoms with van der Waals surface area (Å²) < 4.78 is 0. The maximum absolute atomic E-state index is 3.67. The third-order valence-electron chi connectivity index (χ3n) is 3.61. The molecule has 1 heterocycles. The van der Waals surface area contributed by atoms with Crippen LogP contribution in [-0.4, -0.2) is 6.04 Å². The molecular weight excluding hydrogens is 220 g/mol. The summed E-state index contributed by atoms with van der Waals surface area (Å²) in [5.74, 6) is 0. The van der Waals surface area contributed by atoms with Crippen molar-refractivity contribution in [1.29, 1.82) is 0 Å². The van der Waals surface area contributed by atoms with Crippen LogP contribution in [0.4, 0.5) is 11.4 Å². The number of benzene rings is 2. The van der Waals surface area contributed by atoms with Crippen LogP contribution < -0.4 is 10.6 Å². The van der Waals surface area contributed by atoms with Gasteiger partial charge in [-0.05, 0) is 31.0 Å². The largest absolute Gasteiger partial charge is 0.378 e. The summed E-state index contributed by atoms with van der Waals surface area (Å²) in [6.07, 6.45) is 0. The van der Waals surface area contributed by atoms with E-state index in [0.29, 0.717) is 12.1 Å². The molecule has 1 aliphatic heterocycles. The second kappa shape index (κ2) is 4.37. The number of para-hydroxylation sites is 1. The first-order valence-electron chi connectivity index (χ1n) is 6.43. The molecule has 2 heteroatoms. The van der Waals surface area contributed by atoms with Crippen LogP contribution in [0.3, 0.4) is 0 Å². The van der Waals surface area contributed by atoms with Crippen molar-refractivity contribution in [3.63, 3.8) is 0 Å². The van der Waals surface area contributed by atoms with E-state index in [9.17, 15) is 0 Å². The van der Waals surface area contributed by atoms with Gasteiger partial charge in [0.1, 0.15) is 0 Å². The Hall–Kier alpha value is -1.96. The Kier molecular flexibility index (Phi) is 2.71. The molecule has 0 saturated carbocycles. The molecule has 18 heavy (non-hydrogen) atoms. The molecule has 0 bridgehead atoms. The van der Waals surface area contributed by atoms with Crippen LogP contribution in [0.1, 0.15) is 24.1 Å². The first-order valence-corrected chi connectivity index (χ1v) is 6.43. The van der Waals surface area contributed by atoms with Crippen molar-refractivity contribution in [1.82, 2.24) is 0 Å². The normalized spacial score (nSPS) is 21.7. The lowest BCUT2D eigenvalue weighted by molar-refractivity contribution is 0.649. The minimum atomic E-state index is 0.319. The van der Waals surface area contributed by atoms with E-state index in [1.165, 1.54) is 22.5 Å². The Bertz CT molecular complexity index is 548. The molecule has 0 unspecified atom stereocenters. The molecule has 1 aliphatic rings. The smallest absolute Gasteiger partial charge is 0.0713 e. The van der Waals surface area contributed by atoms with Crippen molar-refractivity contribution < 1.29 is 0 Å². The topological polar surface area (TPSA) is 24.1 Å². The fourth-order valence-electron chi connectivity index (χ4n) is 2.62. The number of aryl methyl sites for hydroxylation is 1. The molecule has 92 valence electrons. The quantitative estimate of drug-likeness (QED) is 0.785. The molecule has 0 aliphatic carbocycles. The lowest BCUT2D eigenvalue weighted by Crippen LogP contribution is -2.34. The third-order valence-corrected chi connectivity index (χ3v) is 3.61. The first-order chi connectivity index (χ1) is 8.75. The Morgan fingerprint density at radius 3 is 2.44 bits per heavy atom. The van der Waals surface area contributed by atoms with Crippen LogP contribution in [0.2, 0.25) is 0 Å². The Balaban J connectivity index is 1.99. The maximum atomic E-state index is 3.67. The zero-order chi connectivity index (χ0) is 12.5. The Morgan fingerprint density at radius 1 is 0.889 bits per heavy atom.